The third-order valence-electron chi connectivity index (χ3n) is 4.28. The molecule has 0 fully saturated rings. The largest absolute Gasteiger partial charge is 0.465 e. The predicted molar refractivity (Wildman–Crippen MR) is 99.9 cm³/mol. The van der Waals surface area contributed by atoms with Gasteiger partial charge in [-0.05, 0) is 58.7 Å². The van der Waals surface area contributed by atoms with Crippen molar-refractivity contribution in [2.45, 2.75) is 0 Å². The number of carbonyl (C=O) groups excluding carboxylic acids is 2. The van der Waals surface area contributed by atoms with E-state index in [0.717, 1.165) is 0 Å². The van der Waals surface area contributed by atoms with Crippen LogP contribution in [0.3, 0.4) is 0 Å². The van der Waals surface area contributed by atoms with E-state index < -0.39 is 23.6 Å². The van der Waals surface area contributed by atoms with Crippen molar-refractivity contribution in [3.05, 3.63) is 83.4 Å². The molecular formula is C22H16F2O4. The molecule has 4 nitrogen and oxygen atoms in total. The molecule has 0 bridgehead atoms. The molecule has 0 aliphatic carbocycles. The smallest absolute Gasteiger partial charge is 0.338 e. The molecule has 142 valence electrons. The van der Waals surface area contributed by atoms with Crippen molar-refractivity contribution < 1.29 is 27.8 Å². The molecule has 0 amide bonds. The predicted octanol–water partition coefficient (Wildman–Crippen LogP) is 4.87. The van der Waals surface area contributed by atoms with Crippen LogP contribution in [0.5, 0.6) is 0 Å². The van der Waals surface area contributed by atoms with Crippen LogP contribution in [-0.2, 0) is 9.47 Å². The van der Waals surface area contributed by atoms with Crippen LogP contribution in [0.1, 0.15) is 20.7 Å². The van der Waals surface area contributed by atoms with Gasteiger partial charge < -0.3 is 9.47 Å². The maximum absolute atomic E-state index is 13.4. The summed E-state index contributed by atoms with van der Waals surface area (Å²) >= 11 is 0. The maximum atomic E-state index is 13.4. The molecule has 0 aliphatic heterocycles. The number of ether oxygens (including phenoxy) is 2. The van der Waals surface area contributed by atoms with E-state index in [1.165, 1.54) is 50.6 Å². The van der Waals surface area contributed by atoms with Crippen molar-refractivity contribution in [1.82, 2.24) is 0 Å². The summed E-state index contributed by atoms with van der Waals surface area (Å²) in [5, 5.41) is 0. The summed E-state index contributed by atoms with van der Waals surface area (Å²) in [7, 11) is 2.41. The molecule has 0 heterocycles. The highest BCUT2D eigenvalue weighted by molar-refractivity contribution is 6.06. The number of halogens is 2. The van der Waals surface area contributed by atoms with E-state index in [1.54, 1.807) is 24.3 Å². The lowest BCUT2D eigenvalue weighted by molar-refractivity contribution is 0.0555. The van der Waals surface area contributed by atoms with Crippen LogP contribution in [0.2, 0.25) is 0 Å². The molecule has 0 saturated carbocycles. The molecule has 28 heavy (non-hydrogen) atoms. The Morgan fingerprint density at radius 2 is 0.964 bits per heavy atom. The van der Waals surface area contributed by atoms with E-state index in [0.29, 0.717) is 22.3 Å². The van der Waals surface area contributed by atoms with E-state index in [4.69, 9.17) is 9.47 Å². The van der Waals surface area contributed by atoms with Crippen molar-refractivity contribution in [1.29, 1.82) is 0 Å². The maximum Gasteiger partial charge on any atom is 0.338 e. The van der Waals surface area contributed by atoms with Gasteiger partial charge in [0.1, 0.15) is 11.6 Å². The van der Waals surface area contributed by atoms with Gasteiger partial charge in [0.05, 0.1) is 25.3 Å². The monoisotopic (exact) mass is 382 g/mol. The van der Waals surface area contributed by atoms with Gasteiger partial charge in [0.25, 0.3) is 0 Å². The molecule has 0 spiro atoms. The number of esters is 2. The van der Waals surface area contributed by atoms with Gasteiger partial charge in [-0.1, -0.05) is 24.3 Å². The number of hydrogen-bond acceptors (Lipinski definition) is 4. The van der Waals surface area contributed by atoms with Gasteiger partial charge in [-0.15, -0.1) is 0 Å². The number of carbonyl (C=O) groups is 2. The minimum atomic E-state index is -0.714. The van der Waals surface area contributed by atoms with E-state index in [-0.39, 0.29) is 11.1 Å². The van der Waals surface area contributed by atoms with Crippen LogP contribution in [0.4, 0.5) is 8.78 Å². The van der Waals surface area contributed by atoms with Gasteiger partial charge in [0, 0.05) is 0 Å². The topological polar surface area (TPSA) is 52.6 Å². The fourth-order valence-corrected chi connectivity index (χ4v) is 2.89. The molecule has 3 aromatic carbocycles. The summed E-state index contributed by atoms with van der Waals surface area (Å²) in [6.45, 7) is 0. The first kappa shape index (κ1) is 19.2. The van der Waals surface area contributed by atoms with Gasteiger partial charge in [-0.2, -0.15) is 0 Å². The first-order valence-electron chi connectivity index (χ1n) is 8.31. The van der Waals surface area contributed by atoms with Crippen LogP contribution < -0.4 is 0 Å². The molecule has 0 aliphatic rings. The Morgan fingerprint density at radius 3 is 1.25 bits per heavy atom. The third-order valence-corrected chi connectivity index (χ3v) is 4.28. The Hall–Kier alpha value is -3.54. The lowest BCUT2D eigenvalue weighted by atomic mass is 9.90. The first-order chi connectivity index (χ1) is 13.4. The normalized spacial score (nSPS) is 10.4. The number of benzene rings is 3. The summed E-state index contributed by atoms with van der Waals surface area (Å²) in [6, 6.07) is 14.3. The van der Waals surface area contributed by atoms with Crippen LogP contribution >= 0.6 is 0 Å². The van der Waals surface area contributed by atoms with Crippen molar-refractivity contribution in [2.75, 3.05) is 14.2 Å². The van der Waals surface area contributed by atoms with Crippen molar-refractivity contribution >= 4 is 11.9 Å². The summed E-state index contributed by atoms with van der Waals surface area (Å²) in [5.74, 6) is -2.25. The Bertz CT molecular complexity index is 941. The van der Waals surface area contributed by atoms with Crippen molar-refractivity contribution in [3.8, 4) is 22.3 Å². The minimum absolute atomic E-state index is 0.0135. The standard InChI is InChI=1S/C22H16F2O4/c1-27-21(25)19-11-17(13-3-7-15(23)8-4-13)18(12-20(19)22(26)28-2)14-5-9-16(24)10-6-14/h3-12H,1-2H3. The lowest BCUT2D eigenvalue weighted by Gasteiger charge is -2.15. The average molecular weight is 382 g/mol. The highest BCUT2D eigenvalue weighted by atomic mass is 19.1. The summed E-state index contributed by atoms with van der Waals surface area (Å²) in [6.07, 6.45) is 0. The molecule has 0 radical (unpaired) electrons. The average Bonchev–Trinajstić information content (AvgIpc) is 2.73. The molecule has 3 rings (SSSR count). The second kappa shape index (κ2) is 8.00. The van der Waals surface area contributed by atoms with E-state index in [9.17, 15) is 18.4 Å². The second-order valence-corrected chi connectivity index (χ2v) is 5.94. The molecule has 0 atom stereocenters. The molecule has 0 aromatic heterocycles. The second-order valence-electron chi connectivity index (χ2n) is 5.94. The highest BCUT2D eigenvalue weighted by Gasteiger charge is 2.23. The molecule has 0 N–H and O–H groups in total. The zero-order valence-electron chi connectivity index (χ0n) is 15.2. The van der Waals surface area contributed by atoms with Gasteiger partial charge in [0.15, 0.2) is 0 Å². The summed E-state index contributed by atoms with van der Waals surface area (Å²) in [5.41, 5.74) is 2.36. The summed E-state index contributed by atoms with van der Waals surface area (Å²) in [4.78, 5) is 24.5. The highest BCUT2D eigenvalue weighted by Crippen LogP contribution is 2.35. The molecule has 0 unspecified atom stereocenters. The van der Waals surface area contributed by atoms with Gasteiger partial charge in [0.2, 0.25) is 0 Å². The number of methoxy groups -OCH3 is 2. The number of hydrogen-bond donors (Lipinski definition) is 0. The SMILES string of the molecule is COC(=O)c1cc(-c2ccc(F)cc2)c(-c2ccc(F)cc2)cc1C(=O)OC. The lowest BCUT2D eigenvalue weighted by Crippen LogP contribution is -2.12. The zero-order valence-corrected chi connectivity index (χ0v) is 15.2. The third kappa shape index (κ3) is 3.76. The Morgan fingerprint density at radius 1 is 0.643 bits per heavy atom. The summed E-state index contributed by atoms with van der Waals surface area (Å²) < 4.78 is 36.3. The Labute approximate surface area is 160 Å². The van der Waals surface area contributed by atoms with Crippen molar-refractivity contribution in [3.63, 3.8) is 0 Å². The van der Waals surface area contributed by atoms with E-state index in [1.807, 2.05) is 0 Å². The Kier molecular flexibility index (Phi) is 5.49. The quantitative estimate of drug-likeness (QED) is 0.604. The molecular weight excluding hydrogens is 366 g/mol. The van der Waals surface area contributed by atoms with Crippen LogP contribution in [0.25, 0.3) is 22.3 Å². The Balaban J connectivity index is 2.33. The first-order valence-corrected chi connectivity index (χ1v) is 8.31. The number of rotatable bonds is 4. The minimum Gasteiger partial charge on any atom is -0.465 e. The van der Waals surface area contributed by atoms with Gasteiger partial charge in [-0.25, -0.2) is 18.4 Å². The van der Waals surface area contributed by atoms with Crippen molar-refractivity contribution in [2.24, 2.45) is 0 Å². The fraction of sp³-hybridized carbons (Fsp3) is 0.0909. The van der Waals surface area contributed by atoms with Gasteiger partial charge in [-0.3, -0.25) is 0 Å². The van der Waals surface area contributed by atoms with Gasteiger partial charge >= 0.3 is 11.9 Å². The molecule has 3 aromatic rings. The molecule has 6 heteroatoms. The zero-order chi connectivity index (χ0) is 20.3. The van der Waals surface area contributed by atoms with E-state index >= 15 is 0 Å². The van der Waals surface area contributed by atoms with Crippen LogP contribution in [0, 0.1) is 11.6 Å². The van der Waals surface area contributed by atoms with Crippen LogP contribution in [0.15, 0.2) is 60.7 Å². The van der Waals surface area contributed by atoms with Crippen LogP contribution in [-0.4, -0.2) is 26.2 Å². The van der Waals surface area contributed by atoms with E-state index in [2.05, 4.69) is 0 Å². The molecule has 0 saturated heterocycles. The fourth-order valence-electron chi connectivity index (χ4n) is 2.89.